The number of carboxylic acids is 1. The van der Waals surface area contributed by atoms with Gasteiger partial charge in [-0.15, -0.1) is 0 Å². The first-order valence-corrected chi connectivity index (χ1v) is 6.17. The Morgan fingerprint density at radius 1 is 1.37 bits per heavy atom. The number of carbonyl (C=O) groups is 2. The fourth-order valence-corrected chi connectivity index (χ4v) is 1.68. The number of hydrogen-bond acceptors (Lipinski definition) is 3. The summed E-state index contributed by atoms with van der Waals surface area (Å²) >= 11 is 11.5. The summed E-state index contributed by atoms with van der Waals surface area (Å²) in [7, 11) is 1.39. The molecule has 0 aromatic heterocycles. The van der Waals surface area contributed by atoms with Crippen molar-refractivity contribution in [3.63, 3.8) is 0 Å². The van der Waals surface area contributed by atoms with E-state index in [1.807, 2.05) is 0 Å². The van der Waals surface area contributed by atoms with E-state index in [1.54, 1.807) is 0 Å². The van der Waals surface area contributed by atoms with Gasteiger partial charge >= 0.3 is 5.97 Å². The predicted octanol–water partition coefficient (Wildman–Crippen LogP) is 2.21. The van der Waals surface area contributed by atoms with E-state index in [1.165, 1.54) is 25.3 Å². The molecule has 0 aliphatic heterocycles. The van der Waals surface area contributed by atoms with Gasteiger partial charge in [0.25, 0.3) is 5.91 Å². The quantitative estimate of drug-likeness (QED) is 0.845. The van der Waals surface area contributed by atoms with E-state index in [2.05, 4.69) is 5.32 Å². The minimum Gasteiger partial charge on any atom is -0.481 e. The summed E-state index contributed by atoms with van der Waals surface area (Å²) in [5.74, 6) is -1.36. The molecule has 2 N–H and O–H groups in total. The fraction of sp³-hybridized carbons (Fsp3) is 0.333. The number of nitrogens with one attached hydrogen (secondary N) is 1. The lowest BCUT2D eigenvalue weighted by molar-refractivity contribution is -0.139. The monoisotopic (exact) mass is 305 g/mol. The van der Waals surface area contributed by atoms with E-state index in [-0.39, 0.29) is 23.9 Å². The number of hydrogen-bond donors (Lipinski definition) is 2. The van der Waals surface area contributed by atoms with Gasteiger partial charge in [-0.25, -0.2) is 0 Å². The lowest BCUT2D eigenvalue weighted by Crippen LogP contribution is -2.34. The Balaban J connectivity index is 2.59. The SMILES string of the molecule is COC(CNC(=O)c1ccc(Cl)c(Cl)c1)CC(=O)O. The number of halogens is 2. The summed E-state index contributed by atoms with van der Waals surface area (Å²) in [6.07, 6.45) is -0.762. The summed E-state index contributed by atoms with van der Waals surface area (Å²) < 4.78 is 4.95. The molecule has 0 spiro atoms. The first-order chi connectivity index (χ1) is 8.93. The topological polar surface area (TPSA) is 75.6 Å². The van der Waals surface area contributed by atoms with Crippen molar-refractivity contribution in [2.45, 2.75) is 12.5 Å². The van der Waals surface area contributed by atoms with Crippen molar-refractivity contribution in [3.8, 4) is 0 Å². The Hall–Kier alpha value is -1.30. The average molecular weight is 306 g/mol. The molecule has 0 heterocycles. The highest BCUT2D eigenvalue weighted by molar-refractivity contribution is 6.42. The fourth-order valence-electron chi connectivity index (χ4n) is 1.38. The molecule has 1 atom stereocenters. The van der Waals surface area contributed by atoms with Crippen LogP contribution in [0.2, 0.25) is 10.0 Å². The average Bonchev–Trinajstić information content (AvgIpc) is 2.36. The molecular formula is C12H13Cl2NO4. The van der Waals surface area contributed by atoms with Gasteiger partial charge in [0.05, 0.1) is 22.6 Å². The minimum absolute atomic E-state index is 0.0991. The molecule has 19 heavy (non-hydrogen) atoms. The van der Waals surface area contributed by atoms with Crippen molar-refractivity contribution in [2.24, 2.45) is 0 Å². The molecule has 104 valence electrons. The molecule has 0 saturated heterocycles. The van der Waals surface area contributed by atoms with Crippen LogP contribution in [0.5, 0.6) is 0 Å². The van der Waals surface area contributed by atoms with Crippen LogP contribution in [0.15, 0.2) is 18.2 Å². The summed E-state index contributed by atoms with van der Waals surface area (Å²) in [5, 5.41) is 11.9. The predicted molar refractivity (Wildman–Crippen MR) is 71.8 cm³/mol. The maximum absolute atomic E-state index is 11.8. The first-order valence-electron chi connectivity index (χ1n) is 5.42. The van der Waals surface area contributed by atoms with E-state index in [4.69, 9.17) is 33.0 Å². The summed E-state index contributed by atoms with van der Waals surface area (Å²) in [6.45, 7) is 0.0991. The van der Waals surface area contributed by atoms with Crippen molar-refractivity contribution in [2.75, 3.05) is 13.7 Å². The lowest BCUT2D eigenvalue weighted by Gasteiger charge is -2.14. The molecule has 0 aliphatic rings. The Labute approximate surface area is 120 Å². The normalized spacial score (nSPS) is 11.9. The molecular weight excluding hydrogens is 293 g/mol. The van der Waals surface area contributed by atoms with E-state index in [0.717, 1.165) is 0 Å². The third kappa shape index (κ3) is 5.06. The van der Waals surface area contributed by atoms with Gasteiger partial charge in [-0.2, -0.15) is 0 Å². The second-order valence-corrected chi connectivity index (χ2v) is 4.61. The van der Waals surface area contributed by atoms with Crippen LogP contribution < -0.4 is 5.32 Å². The number of benzene rings is 1. The molecule has 1 amide bonds. The Bertz CT molecular complexity index is 479. The van der Waals surface area contributed by atoms with Crippen LogP contribution in [-0.2, 0) is 9.53 Å². The summed E-state index contributed by atoms with van der Waals surface area (Å²) in [5.41, 5.74) is 0.347. The summed E-state index contributed by atoms with van der Waals surface area (Å²) in [6, 6.07) is 4.49. The second-order valence-electron chi connectivity index (χ2n) is 3.79. The summed E-state index contributed by atoms with van der Waals surface area (Å²) in [4.78, 5) is 22.3. The molecule has 1 aromatic carbocycles. The van der Waals surface area contributed by atoms with Gasteiger partial charge in [-0.1, -0.05) is 23.2 Å². The minimum atomic E-state index is -0.990. The molecule has 5 nitrogen and oxygen atoms in total. The van der Waals surface area contributed by atoms with Crippen molar-refractivity contribution in [3.05, 3.63) is 33.8 Å². The van der Waals surface area contributed by atoms with E-state index >= 15 is 0 Å². The standard InChI is InChI=1S/C12H13Cl2NO4/c1-19-8(5-11(16)17)6-15-12(18)7-2-3-9(13)10(14)4-7/h2-4,8H,5-6H2,1H3,(H,15,18)(H,16,17). The number of carbonyl (C=O) groups excluding carboxylic acids is 1. The Morgan fingerprint density at radius 3 is 2.58 bits per heavy atom. The van der Waals surface area contributed by atoms with E-state index in [0.29, 0.717) is 10.6 Å². The zero-order valence-electron chi connectivity index (χ0n) is 10.2. The van der Waals surface area contributed by atoms with Crippen LogP contribution in [0.3, 0.4) is 0 Å². The van der Waals surface area contributed by atoms with Gasteiger partial charge in [0, 0.05) is 19.2 Å². The van der Waals surface area contributed by atoms with Crippen LogP contribution in [0, 0.1) is 0 Å². The zero-order chi connectivity index (χ0) is 14.4. The van der Waals surface area contributed by atoms with Crippen LogP contribution in [-0.4, -0.2) is 36.7 Å². The van der Waals surface area contributed by atoms with Crippen LogP contribution in [0.4, 0.5) is 0 Å². The number of amides is 1. The largest absolute Gasteiger partial charge is 0.481 e. The zero-order valence-corrected chi connectivity index (χ0v) is 11.7. The molecule has 0 aliphatic carbocycles. The van der Waals surface area contributed by atoms with Crippen LogP contribution in [0.25, 0.3) is 0 Å². The highest BCUT2D eigenvalue weighted by atomic mass is 35.5. The number of carboxylic acid groups (broad SMARTS) is 1. The van der Waals surface area contributed by atoms with Crippen molar-refractivity contribution in [1.29, 1.82) is 0 Å². The molecule has 7 heteroatoms. The van der Waals surface area contributed by atoms with Gasteiger partial charge in [0.1, 0.15) is 0 Å². The Kier molecular flexibility index (Phi) is 6.08. The number of ether oxygens (including phenoxy) is 1. The van der Waals surface area contributed by atoms with E-state index < -0.39 is 12.1 Å². The van der Waals surface area contributed by atoms with Crippen molar-refractivity contribution < 1.29 is 19.4 Å². The maximum atomic E-state index is 11.8. The van der Waals surface area contributed by atoms with Gasteiger partial charge in [-0.05, 0) is 18.2 Å². The highest BCUT2D eigenvalue weighted by Gasteiger charge is 2.14. The molecule has 1 unspecified atom stereocenters. The Morgan fingerprint density at radius 2 is 2.05 bits per heavy atom. The first kappa shape index (κ1) is 15.8. The lowest BCUT2D eigenvalue weighted by atomic mass is 10.2. The van der Waals surface area contributed by atoms with Crippen LogP contribution in [0.1, 0.15) is 16.8 Å². The van der Waals surface area contributed by atoms with Crippen molar-refractivity contribution in [1.82, 2.24) is 5.32 Å². The smallest absolute Gasteiger partial charge is 0.306 e. The number of methoxy groups -OCH3 is 1. The van der Waals surface area contributed by atoms with Gasteiger partial charge in [-0.3, -0.25) is 9.59 Å². The molecule has 0 fully saturated rings. The molecule has 0 bridgehead atoms. The number of aliphatic carboxylic acids is 1. The van der Waals surface area contributed by atoms with Gasteiger partial charge in [0.2, 0.25) is 0 Å². The third-order valence-electron chi connectivity index (χ3n) is 2.41. The third-order valence-corrected chi connectivity index (χ3v) is 3.15. The molecule has 0 saturated carbocycles. The van der Waals surface area contributed by atoms with Gasteiger partial charge < -0.3 is 15.2 Å². The number of rotatable bonds is 6. The maximum Gasteiger partial charge on any atom is 0.306 e. The highest BCUT2D eigenvalue weighted by Crippen LogP contribution is 2.22. The second kappa shape index (κ2) is 7.33. The van der Waals surface area contributed by atoms with Crippen LogP contribution >= 0.6 is 23.2 Å². The van der Waals surface area contributed by atoms with E-state index in [9.17, 15) is 9.59 Å². The van der Waals surface area contributed by atoms with Gasteiger partial charge in [0.15, 0.2) is 0 Å². The van der Waals surface area contributed by atoms with Crippen molar-refractivity contribution >= 4 is 35.1 Å². The molecule has 1 aromatic rings. The molecule has 1 rings (SSSR count). The molecule has 0 radical (unpaired) electrons.